The number of alkyl halides is 3. The van der Waals surface area contributed by atoms with E-state index in [1.54, 1.807) is 19.1 Å². The van der Waals surface area contributed by atoms with Gasteiger partial charge in [-0.05, 0) is 49.7 Å². The van der Waals surface area contributed by atoms with E-state index in [0.29, 0.717) is 11.5 Å². The van der Waals surface area contributed by atoms with E-state index in [9.17, 15) is 22.8 Å². The highest BCUT2D eigenvalue weighted by Crippen LogP contribution is 2.33. The van der Waals surface area contributed by atoms with Crippen LogP contribution in [-0.4, -0.2) is 33.1 Å². The summed E-state index contributed by atoms with van der Waals surface area (Å²) in [7, 11) is 0. The van der Waals surface area contributed by atoms with Crippen molar-refractivity contribution in [1.29, 1.82) is 0 Å². The maximum atomic E-state index is 13.2. The van der Waals surface area contributed by atoms with E-state index in [-0.39, 0.29) is 23.8 Å². The molecule has 3 aromatic rings. The summed E-state index contributed by atoms with van der Waals surface area (Å²) < 4.78 is 40.1. The number of aromatic nitrogens is 3. The Bertz CT molecular complexity index is 1150. The van der Waals surface area contributed by atoms with Gasteiger partial charge >= 0.3 is 6.18 Å². The number of carbonyl (C=O) groups is 2. The number of fused-ring (bicyclic) bond motifs is 1. The van der Waals surface area contributed by atoms with E-state index in [2.05, 4.69) is 15.4 Å². The second kappa shape index (κ2) is 7.53. The summed E-state index contributed by atoms with van der Waals surface area (Å²) in [6, 6.07) is 7.59. The summed E-state index contributed by atoms with van der Waals surface area (Å²) in [4.78, 5) is 31.5. The van der Waals surface area contributed by atoms with Crippen molar-refractivity contribution < 1.29 is 22.8 Å². The zero-order valence-electron chi connectivity index (χ0n) is 16.6. The average Bonchev–Trinajstić information content (AvgIpc) is 3.18. The van der Waals surface area contributed by atoms with Crippen LogP contribution < -0.4 is 10.2 Å². The van der Waals surface area contributed by atoms with Gasteiger partial charge in [0.15, 0.2) is 0 Å². The number of aryl methyl sites for hydroxylation is 1. The number of hydrogen-bond acceptors (Lipinski definition) is 4. The Morgan fingerprint density at radius 2 is 1.90 bits per heavy atom. The molecule has 0 spiro atoms. The number of carbonyl (C=O) groups excluding carboxylic acids is 2. The Morgan fingerprint density at radius 3 is 2.55 bits per heavy atom. The number of rotatable bonds is 3. The summed E-state index contributed by atoms with van der Waals surface area (Å²) >= 11 is 0. The smallest absolute Gasteiger partial charge is 0.306 e. The molecule has 160 valence electrons. The van der Waals surface area contributed by atoms with Gasteiger partial charge in [-0.3, -0.25) is 14.3 Å². The number of amides is 2. The second-order valence-electron chi connectivity index (χ2n) is 7.28. The number of hydrogen-bond donors (Lipinski definition) is 1. The topological polar surface area (TPSA) is 80.1 Å². The summed E-state index contributed by atoms with van der Waals surface area (Å²) in [5.74, 6) is -0.695. The van der Waals surface area contributed by atoms with E-state index in [1.165, 1.54) is 34.1 Å². The van der Waals surface area contributed by atoms with Crippen LogP contribution in [0.2, 0.25) is 0 Å². The second-order valence-corrected chi connectivity index (χ2v) is 7.28. The lowest BCUT2D eigenvalue weighted by molar-refractivity contribution is -0.137. The Morgan fingerprint density at radius 1 is 1.19 bits per heavy atom. The minimum atomic E-state index is -4.47. The fraction of sp³-hybridized carbons (Fsp3) is 0.238. The largest absolute Gasteiger partial charge is 0.416 e. The molecule has 0 fully saturated rings. The quantitative estimate of drug-likeness (QED) is 0.681. The van der Waals surface area contributed by atoms with Gasteiger partial charge in [0.05, 0.1) is 23.4 Å². The van der Waals surface area contributed by atoms with Crippen LogP contribution in [0.3, 0.4) is 0 Å². The third-order valence-corrected chi connectivity index (χ3v) is 5.10. The van der Waals surface area contributed by atoms with Crippen LogP contribution in [0.25, 0.3) is 0 Å². The number of pyridine rings is 1. The third-order valence-electron chi connectivity index (χ3n) is 5.10. The first kappa shape index (κ1) is 20.6. The van der Waals surface area contributed by atoms with Crippen LogP contribution in [0.1, 0.15) is 44.9 Å². The van der Waals surface area contributed by atoms with E-state index in [4.69, 9.17) is 0 Å². The first-order chi connectivity index (χ1) is 14.7. The van der Waals surface area contributed by atoms with Crippen LogP contribution in [0, 0.1) is 6.92 Å². The molecule has 0 saturated heterocycles. The predicted molar refractivity (Wildman–Crippen MR) is 107 cm³/mol. The number of anilines is 2. The molecule has 0 radical (unpaired) electrons. The van der Waals surface area contributed by atoms with Gasteiger partial charge in [0.1, 0.15) is 11.5 Å². The number of benzene rings is 1. The molecule has 31 heavy (non-hydrogen) atoms. The maximum absolute atomic E-state index is 13.2. The van der Waals surface area contributed by atoms with E-state index in [1.807, 2.05) is 6.92 Å². The molecule has 7 nitrogen and oxygen atoms in total. The van der Waals surface area contributed by atoms with Crippen LogP contribution in [0.4, 0.5) is 24.7 Å². The lowest BCUT2D eigenvalue weighted by atomic mass is 10.1. The summed E-state index contributed by atoms with van der Waals surface area (Å²) in [6.07, 6.45) is -1.62. The number of nitrogens with zero attached hydrogens (tertiary/aromatic N) is 4. The molecule has 0 bridgehead atoms. The molecule has 1 aromatic carbocycles. The Hall–Kier alpha value is -3.69. The zero-order chi connectivity index (χ0) is 22.3. The molecule has 2 amide bonds. The van der Waals surface area contributed by atoms with Crippen molar-refractivity contribution in [3.8, 4) is 0 Å². The summed E-state index contributed by atoms with van der Waals surface area (Å²) in [5, 5.41) is 6.86. The predicted octanol–water partition coefficient (Wildman–Crippen LogP) is 4.08. The number of halogens is 3. The highest BCUT2D eigenvalue weighted by atomic mass is 19.4. The first-order valence-electron chi connectivity index (χ1n) is 9.46. The van der Waals surface area contributed by atoms with Crippen molar-refractivity contribution in [2.45, 2.75) is 26.1 Å². The molecule has 1 N–H and O–H groups in total. The normalized spacial score (nSPS) is 16.2. The van der Waals surface area contributed by atoms with Gasteiger partial charge in [-0.25, -0.2) is 4.98 Å². The van der Waals surface area contributed by atoms with Crippen molar-refractivity contribution in [1.82, 2.24) is 14.8 Å². The molecule has 2 aromatic heterocycles. The SMILES string of the molecule is Cc1cccnc1NC(=O)c1cnn2c1C(=O)N(c1ccc(C(F)(F)F)cc1)C[C@@H]2C. The van der Waals surface area contributed by atoms with Gasteiger partial charge in [0, 0.05) is 18.4 Å². The van der Waals surface area contributed by atoms with Crippen molar-refractivity contribution in [2.75, 3.05) is 16.8 Å². The van der Waals surface area contributed by atoms with E-state index >= 15 is 0 Å². The molecular weight excluding hydrogens is 411 g/mol. The molecule has 1 atom stereocenters. The fourth-order valence-corrected chi connectivity index (χ4v) is 3.47. The Labute approximate surface area is 175 Å². The van der Waals surface area contributed by atoms with Crippen molar-refractivity contribution in [3.63, 3.8) is 0 Å². The molecule has 0 aliphatic carbocycles. The van der Waals surface area contributed by atoms with Crippen LogP contribution in [0.5, 0.6) is 0 Å². The van der Waals surface area contributed by atoms with Gasteiger partial charge in [-0.15, -0.1) is 0 Å². The summed E-state index contributed by atoms with van der Waals surface area (Å²) in [5.41, 5.74) is 0.403. The molecule has 1 aliphatic heterocycles. The molecule has 0 saturated carbocycles. The monoisotopic (exact) mass is 429 g/mol. The van der Waals surface area contributed by atoms with Crippen molar-refractivity contribution in [2.24, 2.45) is 0 Å². The highest BCUT2D eigenvalue weighted by Gasteiger charge is 2.36. The van der Waals surface area contributed by atoms with Crippen molar-refractivity contribution >= 4 is 23.3 Å². The molecule has 1 aliphatic rings. The Kier molecular flexibility index (Phi) is 5.00. The average molecular weight is 429 g/mol. The van der Waals surface area contributed by atoms with Crippen LogP contribution in [0.15, 0.2) is 48.8 Å². The minimum Gasteiger partial charge on any atom is -0.306 e. The third kappa shape index (κ3) is 3.76. The van der Waals surface area contributed by atoms with Gasteiger partial charge in [0.25, 0.3) is 11.8 Å². The van der Waals surface area contributed by atoms with E-state index in [0.717, 1.165) is 17.7 Å². The lowest BCUT2D eigenvalue weighted by Gasteiger charge is -2.32. The Balaban J connectivity index is 1.66. The van der Waals surface area contributed by atoms with Gasteiger partial charge in [-0.1, -0.05) is 6.07 Å². The highest BCUT2D eigenvalue weighted by molar-refractivity contribution is 6.15. The molecule has 0 unspecified atom stereocenters. The molecule has 10 heteroatoms. The van der Waals surface area contributed by atoms with Crippen molar-refractivity contribution in [3.05, 3.63) is 71.2 Å². The van der Waals surface area contributed by atoms with Gasteiger partial charge in [0.2, 0.25) is 0 Å². The van der Waals surface area contributed by atoms with Crippen LogP contribution in [-0.2, 0) is 6.18 Å². The maximum Gasteiger partial charge on any atom is 0.416 e. The lowest BCUT2D eigenvalue weighted by Crippen LogP contribution is -2.43. The standard InChI is InChI=1S/C21H18F3N5O2/c1-12-4-3-9-25-18(12)27-19(30)16-10-26-29-13(2)11-28(20(31)17(16)29)15-7-5-14(6-8-15)21(22,23)24/h3-10,13H,11H2,1-2H3,(H,25,27,30)/t13-/m0/s1. The van der Waals surface area contributed by atoms with Gasteiger partial charge < -0.3 is 10.2 Å². The van der Waals surface area contributed by atoms with E-state index < -0.39 is 23.6 Å². The molecular formula is C21H18F3N5O2. The molecule has 4 rings (SSSR count). The first-order valence-corrected chi connectivity index (χ1v) is 9.46. The number of nitrogens with one attached hydrogen (secondary N) is 1. The minimum absolute atomic E-state index is 0.0681. The van der Waals surface area contributed by atoms with Gasteiger partial charge in [-0.2, -0.15) is 18.3 Å². The van der Waals surface area contributed by atoms with Crippen LogP contribution >= 0.6 is 0 Å². The summed E-state index contributed by atoms with van der Waals surface area (Å²) in [6.45, 7) is 3.81. The zero-order valence-corrected chi connectivity index (χ0v) is 16.6. The fourth-order valence-electron chi connectivity index (χ4n) is 3.47. The molecule has 3 heterocycles.